The molecule has 1 atom stereocenters. The van der Waals surface area contributed by atoms with Crippen LogP contribution in [0.2, 0.25) is 0 Å². The van der Waals surface area contributed by atoms with Crippen molar-refractivity contribution < 1.29 is 28.7 Å². The van der Waals surface area contributed by atoms with E-state index < -0.39 is 35.2 Å². The van der Waals surface area contributed by atoms with Gasteiger partial charge in [-0.05, 0) is 89.9 Å². The lowest BCUT2D eigenvalue weighted by atomic mass is 10.0. The fraction of sp³-hybridized carbons (Fsp3) is 0.448. The van der Waals surface area contributed by atoms with Crippen LogP contribution in [0, 0.1) is 0 Å². The van der Waals surface area contributed by atoms with Gasteiger partial charge in [0.25, 0.3) is 0 Å². The van der Waals surface area contributed by atoms with Crippen LogP contribution in [0.5, 0.6) is 0 Å². The third kappa shape index (κ3) is 8.61. The normalized spacial score (nSPS) is 14.6. The van der Waals surface area contributed by atoms with Crippen molar-refractivity contribution in [1.82, 2.24) is 5.32 Å². The van der Waals surface area contributed by atoms with Crippen LogP contribution < -0.4 is 15.5 Å². The summed E-state index contributed by atoms with van der Waals surface area (Å²) in [6.45, 7) is 11.2. The number of hydrogen-bond donors (Lipinski definition) is 2. The Labute approximate surface area is 223 Å². The summed E-state index contributed by atoms with van der Waals surface area (Å²) in [5.41, 5.74) is 0.991. The summed E-state index contributed by atoms with van der Waals surface area (Å²) in [5.74, 6) is -0.849. The van der Waals surface area contributed by atoms with Crippen LogP contribution in [0.25, 0.3) is 0 Å². The first-order valence-electron chi connectivity index (χ1n) is 12.7. The van der Waals surface area contributed by atoms with Crippen molar-refractivity contribution in [3.8, 4) is 0 Å². The van der Waals surface area contributed by atoms with Gasteiger partial charge in [0.1, 0.15) is 17.2 Å². The Bertz CT molecular complexity index is 1180. The molecule has 1 saturated heterocycles. The molecule has 2 aromatic carbocycles. The lowest BCUT2D eigenvalue weighted by molar-refractivity contribution is -0.118. The van der Waals surface area contributed by atoms with Gasteiger partial charge in [-0.2, -0.15) is 0 Å². The lowest BCUT2D eigenvalue weighted by Crippen LogP contribution is -2.47. The minimum atomic E-state index is -0.958. The molecule has 0 aliphatic carbocycles. The highest BCUT2D eigenvalue weighted by atomic mass is 16.6. The molecule has 0 bridgehead atoms. The molecule has 0 spiro atoms. The van der Waals surface area contributed by atoms with E-state index in [4.69, 9.17) is 9.47 Å². The number of nitrogens with zero attached hydrogens (tertiary/aromatic N) is 1. The predicted molar refractivity (Wildman–Crippen MR) is 145 cm³/mol. The van der Waals surface area contributed by atoms with Crippen molar-refractivity contribution in [3.63, 3.8) is 0 Å². The van der Waals surface area contributed by atoms with Gasteiger partial charge in [-0.15, -0.1) is 0 Å². The summed E-state index contributed by atoms with van der Waals surface area (Å²) in [7, 11) is 0. The van der Waals surface area contributed by atoms with Gasteiger partial charge in [0.15, 0.2) is 0 Å². The molecule has 1 fully saturated rings. The van der Waals surface area contributed by atoms with Crippen molar-refractivity contribution in [3.05, 3.63) is 59.7 Å². The highest BCUT2D eigenvalue weighted by Gasteiger charge is 2.26. The first-order chi connectivity index (χ1) is 17.7. The van der Waals surface area contributed by atoms with E-state index in [1.807, 2.05) is 24.3 Å². The Morgan fingerprint density at radius 3 is 2.18 bits per heavy atom. The summed E-state index contributed by atoms with van der Waals surface area (Å²) >= 11 is 0. The number of nitrogens with one attached hydrogen (secondary N) is 2. The quantitative estimate of drug-likeness (QED) is 0.502. The lowest BCUT2D eigenvalue weighted by Gasteiger charge is -2.24. The molecule has 9 nitrogen and oxygen atoms in total. The predicted octanol–water partition coefficient (Wildman–Crippen LogP) is 4.84. The monoisotopic (exact) mass is 523 g/mol. The van der Waals surface area contributed by atoms with E-state index in [0.717, 1.165) is 17.7 Å². The molecule has 1 aliphatic rings. The second-order valence-corrected chi connectivity index (χ2v) is 11.3. The number of ether oxygens (including phenoxy) is 2. The molecule has 9 heteroatoms. The minimum absolute atomic E-state index is 0.0677. The molecule has 0 unspecified atom stereocenters. The Morgan fingerprint density at radius 1 is 0.947 bits per heavy atom. The molecule has 0 saturated carbocycles. The van der Waals surface area contributed by atoms with Crippen molar-refractivity contribution >= 4 is 35.3 Å². The van der Waals surface area contributed by atoms with Crippen molar-refractivity contribution in [1.29, 1.82) is 0 Å². The van der Waals surface area contributed by atoms with Gasteiger partial charge >= 0.3 is 12.1 Å². The molecule has 0 aromatic heterocycles. The summed E-state index contributed by atoms with van der Waals surface area (Å²) in [6, 6.07) is 12.8. The van der Waals surface area contributed by atoms with Crippen molar-refractivity contribution in [2.45, 2.75) is 78.0 Å². The number of amides is 3. The second kappa shape index (κ2) is 11.7. The average molecular weight is 524 g/mol. The van der Waals surface area contributed by atoms with Crippen molar-refractivity contribution in [2.75, 3.05) is 16.8 Å². The molecular weight excluding hydrogens is 486 g/mol. The zero-order chi connectivity index (χ0) is 28.1. The smallest absolute Gasteiger partial charge is 0.408 e. The molecule has 3 rings (SSSR count). The third-order valence-corrected chi connectivity index (χ3v) is 5.53. The van der Waals surface area contributed by atoms with Crippen LogP contribution in [0.4, 0.5) is 16.2 Å². The van der Waals surface area contributed by atoms with Gasteiger partial charge in [-0.25, -0.2) is 9.59 Å². The number of rotatable bonds is 7. The molecular formula is C29H37N3O6. The summed E-state index contributed by atoms with van der Waals surface area (Å²) in [5, 5.41) is 5.46. The molecule has 1 aliphatic heterocycles. The second-order valence-electron chi connectivity index (χ2n) is 11.3. The van der Waals surface area contributed by atoms with E-state index in [0.29, 0.717) is 24.2 Å². The average Bonchev–Trinajstić information content (AvgIpc) is 3.23. The zero-order valence-corrected chi connectivity index (χ0v) is 22.9. The van der Waals surface area contributed by atoms with Crippen LogP contribution in [-0.4, -0.2) is 47.7 Å². The van der Waals surface area contributed by atoms with Crippen LogP contribution >= 0.6 is 0 Å². The van der Waals surface area contributed by atoms with E-state index in [2.05, 4.69) is 10.6 Å². The maximum atomic E-state index is 13.3. The molecule has 38 heavy (non-hydrogen) atoms. The number of alkyl carbamates (subject to hydrolysis) is 1. The fourth-order valence-corrected chi connectivity index (χ4v) is 3.92. The molecule has 2 aromatic rings. The molecule has 0 radical (unpaired) electrons. The highest BCUT2D eigenvalue weighted by molar-refractivity contribution is 5.98. The molecule has 3 amide bonds. The fourth-order valence-electron chi connectivity index (χ4n) is 3.92. The Hall–Kier alpha value is -3.88. The zero-order valence-electron chi connectivity index (χ0n) is 22.9. The molecule has 204 valence electrons. The van der Waals surface area contributed by atoms with Crippen LogP contribution in [-0.2, 0) is 25.5 Å². The maximum absolute atomic E-state index is 13.3. The van der Waals surface area contributed by atoms with E-state index in [-0.39, 0.29) is 12.3 Å². The third-order valence-electron chi connectivity index (χ3n) is 5.53. The Kier molecular flexibility index (Phi) is 8.81. The Morgan fingerprint density at radius 2 is 1.61 bits per heavy atom. The minimum Gasteiger partial charge on any atom is -0.456 e. The van der Waals surface area contributed by atoms with Gasteiger partial charge < -0.3 is 25.0 Å². The highest BCUT2D eigenvalue weighted by Crippen LogP contribution is 2.23. The van der Waals surface area contributed by atoms with Gasteiger partial charge in [0, 0.05) is 30.8 Å². The first-order valence-corrected chi connectivity index (χ1v) is 12.7. The number of hydrogen-bond acceptors (Lipinski definition) is 6. The topological polar surface area (TPSA) is 114 Å². The van der Waals surface area contributed by atoms with Gasteiger partial charge in [0.2, 0.25) is 11.8 Å². The number of esters is 1. The summed E-state index contributed by atoms with van der Waals surface area (Å²) in [6.07, 6.45) is 0.781. The van der Waals surface area contributed by atoms with Gasteiger partial charge in [-0.3, -0.25) is 9.59 Å². The Balaban J connectivity index is 1.76. The molecule has 1 heterocycles. The summed E-state index contributed by atoms with van der Waals surface area (Å²) < 4.78 is 10.7. The number of anilines is 2. The largest absolute Gasteiger partial charge is 0.456 e. The maximum Gasteiger partial charge on any atom is 0.408 e. The number of carbonyl (C=O) groups excluding carboxylic acids is 4. The van der Waals surface area contributed by atoms with E-state index in [1.165, 1.54) is 0 Å². The number of benzene rings is 2. The van der Waals surface area contributed by atoms with Crippen LogP contribution in [0.15, 0.2) is 48.5 Å². The number of carbonyl (C=O) groups is 4. The van der Waals surface area contributed by atoms with Crippen LogP contribution in [0.3, 0.4) is 0 Å². The van der Waals surface area contributed by atoms with Gasteiger partial charge in [-0.1, -0.05) is 12.1 Å². The molecule has 2 N–H and O–H groups in total. The standard InChI is InChI=1S/C29H37N3O6/c1-28(2,3)37-26(35)20-12-14-21(15-13-20)30-25(34)23(31-27(36)38-29(4,5)6)18-19-9-7-10-22(17-19)32-16-8-11-24(32)33/h7,9-10,12-15,17,23H,8,11,16,18H2,1-6H3,(H,30,34)(H,31,36)/t23-/m0/s1. The van der Waals surface area contributed by atoms with E-state index in [1.54, 1.807) is 70.7 Å². The van der Waals surface area contributed by atoms with Crippen LogP contribution in [0.1, 0.15) is 70.3 Å². The van der Waals surface area contributed by atoms with E-state index in [9.17, 15) is 19.2 Å². The van der Waals surface area contributed by atoms with Gasteiger partial charge in [0.05, 0.1) is 5.56 Å². The van der Waals surface area contributed by atoms with E-state index >= 15 is 0 Å². The summed E-state index contributed by atoms with van der Waals surface area (Å²) in [4.78, 5) is 52.0. The first kappa shape index (κ1) is 28.7. The van der Waals surface area contributed by atoms with Crippen molar-refractivity contribution in [2.24, 2.45) is 0 Å². The SMILES string of the molecule is CC(C)(C)OC(=O)N[C@@H](Cc1cccc(N2CCCC2=O)c1)C(=O)Nc1ccc(C(=O)OC(C)(C)C)cc1.